The van der Waals surface area contributed by atoms with E-state index in [1.165, 1.54) is 46.9 Å². The number of nitriles is 2. The van der Waals surface area contributed by atoms with Crippen LogP contribution in [0.4, 0.5) is 42.3 Å². The third-order valence-electron chi connectivity index (χ3n) is 13.2. The summed E-state index contributed by atoms with van der Waals surface area (Å²) in [5.74, 6) is 2.83. The number of ketones is 1. The average molecular weight is 1170 g/mol. The summed E-state index contributed by atoms with van der Waals surface area (Å²) in [5, 5.41) is 48.7. The number of benzene rings is 2. The molecule has 0 radical (unpaired) electrons. The molecule has 3 N–H and O–H groups in total. The first kappa shape index (κ1) is 54.9. The van der Waals surface area contributed by atoms with E-state index in [1.54, 1.807) is 53.2 Å². The number of halogens is 3. The number of pyridine rings is 4. The number of thiazole rings is 2. The van der Waals surface area contributed by atoms with E-state index in [-0.39, 0.29) is 23.5 Å². The van der Waals surface area contributed by atoms with Crippen LogP contribution in [0.2, 0.25) is 0 Å². The van der Waals surface area contributed by atoms with Crippen LogP contribution in [0.1, 0.15) is 35.0 Å². The average Bonchev–Trinajstić information content (AvgIpc) is 4.38. The van der Waals surface area contributed by atoms with Gasteiger partial charge in [0.15, 0.2) is 16.0 Å². The molecule has 0 spiro atoms. The molecule has 0 aliphatic carbocycles. The molecule has 8 aromatic heterocycles. The van der Waals surface area contributed by atoms with Gasteiger partial charge in [-0.25, -0.2) is 38.7 Å². The molecule has 402 valence electrons. The van der Waals surface area contributed by atoms with Gasteiger partial charge in [0.05, 0.1) is 30.6 Å². The molecule has 2 aromatic carbocycles. The molecule has 24 heteroatoms. The predicted molar refractivity (Wildman–Crippen MR) is 310 cm³/mol. The van der Waals surface area contributed by atoms with E-state index in [1.807, 2.05) is 93.8 Å². The fraction of sp³-hybridized carbons (Fsp3) is 0.196. The Balaban J connectivity index is 0.000000152. The van der Waals surface area contributed by atoms with Crippen molar-refractivity contribution in [2.75, 3.05) is 59.9 Å². The second kappa shape index (κ2) is 23.5. The van der Waals surface area contributed by atoms with Crippen molar-refractivity contribution in [2.45, 2.75) is 32.8 Å². The standard InChI is InChI=1S/C28H22FN7OS.C20H17BFN5O2S.C8H9BrN2O/c1-3-22-27(34(2)28-33-26(23(12-30)38-28)17-4-8-20(29)9-5-17)36-14-19(7-11-25(36)32-22)18-6-10-24(31-13-18)35-15-21(37)16-35;1-3-15-19(27-11-13(21(28)29)6-9-17(27)24-15)26(2)20-25-18(16(10-23)30-20)12-4-7-14(22)8-5-12;9-6-1-2-8(10-3-6)11-4-7(12)5-11/h4-11,13-14H,3,15-16H2,1-2H3;4-9,11,28-29H,3H2,1-2H3;1-3,7,12H,4-5H2. The number of aryl methyl sites for hydroxylation is 2. The zero-order valence-corrected chi connectivity index (χ0v) is 46.6. The molecule has 0 unspecified atom stereocenters. The maximum Gasteiger partial charge on any atom is 0.489 e. The Morgan fingerprint density at radius 1 is 0.650 bits per heavy atom. The minimum Gasteiger partial charge on any atom is -0.423 e. The number of carbonyl (C=O) groups is 1. The predicted octanol–water partition coefficient (Wildman–Crippen LogP) is 8.75. The topological polar surface area (TPSA) is 224 Å². The lowest BCUT2D eigenvalue weighted by Gasteiger charge is -2.36. The summed E-state index contributed by atoms with van der Waals surface area (Å²) in [6.07, 6.45) is 8.42. The fourth-order valence-electron chi connectivity index (χ4n) is 9.01. The molecule has 0 saturated carbocycles. The minimum absolute atomic E-state index is 0.171. The highest BCUT2D eigenvalue weighted by atomic mass is 79.9. The summed E-state index contributed by atoms with van der Waals surface area (Å²) < 4.78 is 31.5. The molecule has 10 aromatic rings. The Labute approximate surface area is 474 Å². The van der Waals surface area contributed by atoms with Crippen molar-refractivity contribution >= 4 is 102 Å². The molecule has 10 heterocycles. The van der Waals surface area contributed by atoms with Gasteiger partial charge in [-0.3, -0.25) is 13.6 Å². The van der Waals surface area contributed by atoms with E-state index in [0.717, 1.165) is 55.9 Å². The van der Waals surface area contributed by atoms with E-state index in [2.05, 4.69) is 54.9 Å². The number of rotatable bonds is 12. The van der Waals surface area contributed by atoms with Gasteiger partial charge in [0.25, 0.3) is 0 Å². The number of nitrogens with zero attached hydrogens (tertiary/aromatic N) is 14. The van der Waals surface area contributed by atoms with Crippen molar-refractivity contribution in [3.63, 3.8) is 0 Å². The third kappa shape index (κ3) is 11.4. The lowest BCUT2D eigenvalue weighted by atomic mass is 9.82. The molecule has 12 rings (SSSR count). The number of β-amino-alcohol motifs (C(OH)–C–C–N with tert-alkyl or cyclic N) is 1. The van der Waals surface area contributed by atoms with Crippen molar-refractivity contribution in [2.24, 2.45) is 0 Å². The Morgan fingerprint density at radius 3 is 1.57 bits per heavy atom. The molecule has 2 aliphatic heterocycles. The van der Waals surface area contributed by atoms with Gasteiger partial charge in [-0.15, -0.1) is 0 Å². The Hall–Kier alpha value is -8.49. The van der Waals surface area contributed by atoms with Gasteiger partial charge < -0.3 is 34.8 Å². The number of aliphatic hydroxyl groups excluding tert-OH is 1. The number of anilines is 6. The molecule has 18 nitrogen and oxygen atoms in total. The SMILES string of the molecule is CCc1nc2ccc(-c3ccc(N4CC(=O)C4)nc3)cn2c1N(C)c1nc(-c2ccc(F)cc2)c(C#N)s1.CCc1nc2ccc(B(O)O)cn2c1N(C)c1nc(-c2ccc(F)cc2)c(C#N)s1.OC1CN(c2ccc(Br)cn2)C1. The van der Waals surface area contributed by atoms with Gasteiger partial charge >= 0.3 is 7.12 Å². The van der Waals surface area contributed by atoms with Crippen LogP contribution in [0.25, 0.3) is 44.9 Å². The second-order valence-corrected chi connectivity index (χ2v) is 21.4. The lowest BCUT2D eigenvalue weighted by Crippen LogP contribution is -2.51. The van der Waals surface area contributed by atoms with Gasteiger partial charge in [0, 0.05) is 78.7 Å². The van der Waals surface area contributed by atoms with Gasteiger partial charge in [0.2, 0.25) is 0 Å². The monoisotopic (exact) mass is 1170 g/mol. The molecule has 2 fully saturated rings. The summed E-state index contributed by atoms with van der Waals surface area (Å²) in [6, 6.07) is 31.4. The van der Waals surface area contributed by atoms with Crippen LogP contribution in [-0.4, -0.2) is 113 Å². The van der Waals surface area contributed by atoms with Crippen LogP contribution in [0, 0.1) is 34.3 Å². The number of carbonyl (C=O) groups excluding carboxylic acids is 1. The van der Waals surface area contributed by atoms with Crippen LogP contribution in [0.15, 0.2) is 126 Å². The summed E-state index contributed by atoms with van der Waals surface area (Å²) in [7, 11) is 2.13. The number of imidazole rings is 2. The number of aliphatic hydroxyl groups is 1. The van der Waals surface area contributed by atoms with E-state index < -0.39 is 7.12 Å². The van der Waals surface area contributed by atoms with Crippen LogP contribution in [0.3, 0.4) is 0 Å². The molecular formula is C56H48BBrF2N14O4S2. The van der Waals surface area contributed by atoms with E-state index in [4.69, 9.17) is 15.1 Å². The van der Waals surface area contributed by atoms with Crippen LogP contribution >= 0.6 is 38.6 Å². The van der Waals surface area contributed by atoms with Crippen molar-refractivity contribution in [1.82, 2.24) is 38.7 Å². The Bertz CT molecular complexity index is 3960. The molecule has 80 heavy (non-hydrogen) atoms. The number of Topliss-reactive ketones (excluding diaryl/α,β-unsaturated/α-hetero) is 1. The molecular weight excluding hydrogens is 1130 g/mol. The minimum atomic E-state index is -1.60. The maximum atomic E-state index is 13.5. The highest BCUT2D eigenvalue weighted by Crippen LogP contribution is 2.39. The van der Waals surface area contributed by atoms with Crippen molar-refractivity contribution in [1.29, 1.82) is 10.5 Å². The van der Waals surface area contributed by atoms with Gasteiger partial charge in [-0.05, 0) is 125 Å². The first-order valence-corrected chi connectivity index (χ1v) is 27.5. The van der Waals surface area contributed by atoms with Gasteiger partial charge in [-0.2, -0.15) is 10.5 Å². The van der Waals surface area contributed by atoms with Crippen molar-refractivity contribution < 1.29 is 28.7 Å². The first-order chi connectivity index (χ1) is 38.6. The summed E-state index contributed by atoms with van der Waals surface area (Å²) in [6.45, 7) is 6.26. The molecule has 0 atom stereocenters. The Morgan fingerprint density at radius 2 is 1.12 bits per heavy atom. The van der Waals surface area contributed by atoms with Gasteiger partial charge in [0.1, 0.15) is 79.5 Å². The highest BCUT2D eigenvalue weighted by Gasteiger charge is 2.28. The number of fused-ring (bicyclic) bond motifs is 2. The smallest absolute Gasteiger partial charge is 0.423 e. The molecule has 0 amide bonds. The van der Waals surface area contributed by atoms with Crippen molar-refractivity contribution in [3.8, 4) is 45.8 Å². The molecule has 2 saturated heterocycles. The largest absolute Gasteiger partial charge is 0.489 e. The quantitative estimate of drug-likeness (QED) is 0.0972. The van der Waals surface area contributed by atoms with Crippen molar-refractivity contribution in [3.05, 3.63) is 159 Å². The zero-order chi connectivity index (χ0) is 56.4. The van der Waals surface area contributed by atoms with Gasteiger partial charge in [-0.1, -0.05) is 42.6 Å². The lowest BCUT2D eigenvalue weighted by molar-refractivity contribution is -0.119. The van der Waals surface area contributed by atoms with Crippen LogP contribution in [0.5, 0.6) is 0 Å². The number of hydrogen-bond acceptors (Lipinski definition) is 18. The molecule has 0 bridgehead atoms. The first-order valence-electron chi connectivity index (χ1n) is 25.1. The van der Waals surface area contributed by atoms with E-state index in [0.29, 0.717) is 92.7 Å². The normalized spacial score (nSPS) is 12.9. The number of aromatic nitrogens is 8. The van der Waals surface area contributed by atoms with E-state index >= 15 is 0 Å². The van der Waals surface area contributed by atoms with Crippen LogP contribution < -0.4 is 25.1 Å². The highest BCUT2D eigenvalue weighted by molar-refractivity contribution is 9.10. The number of hydrogen-bond donors (Lipinski definition) is 3. The fourth-order valence-corrected chi connectivity index (χ4v) is 10.9. The maximum absolute atomic E-state index is 13.5. The van der Waals surface area contributed by atoms with Crippen LogP contribution in [-0.2, 0) is 17.6 Å². The summed E-state index contributed by atoms with van der Waals surface area (Å²) in [4.78, 5) is 47.6. The second-order valence-electron chi connectivity index (χ2n) is 18.6. The molecule has 2 aliphatic rings. The zero-order valence-electron chi connectivity index (χ0n) is 43.4. The van der Waals surface area contributed by atoms with E-state index in [9.17, 15) is 34.1 Å². The summed E-state index contributed by atoms with van der Waals surface area (Å²) >= 11 is 5.82. The third-order valence-corrected chi connectivity index (χ3v) is 15.8. The summed E-state index contributed by atoms with van der Waals surface area (Å²) in [5.41, 5.74) is 7.78. The Kier molecular flexibility index (Phi) is 16.1.